The largest absolute Gasteiger partial charge is 0.377 e. The first kappa shape index (κ1) is 20.3. The lowest BCUT2D eigenvalue weighted by molar-refractivity contribution is 0.233. The number of anilines is 1. The van der Waals surface area contributed by atoms with Gasteiger partial charge in [0, 0.05) is 32.5 Å². The maximum absolute atomic E-state index is 4.48. The second-order valence-corrected chi connectivity index (χ2v) is 9.07. The summed E-state index contributed by atoms with van der Waals surface area (Å²) >= 11 is 0. The molecule has 1 saturated carbocycles. The van der Waals surface area contributed by atoms with E-state index in [2.05, 4.69) is 98.3 Å². The summed E-state index contributed by atoms with van der Waals surface area (Å²) in [4.78, 5) is 4.20. The van der Waals surface area contributed by atoms with Crippen LogP contribution in [0.25, 0.3) is 6.08 Å². The SMILES string of the molecule is C=Cc1cc([C@@]2(C)NC(=C)N(C)C(=C)[C@@H]2c2ccc(C3CC3)cc2)ccc1N(C)C. The number of hydrogen-bond acceptors (Lipinski definition) is 3. The summed E-state index contributed by atoms with van der Waals surface area (Å²) in [6.45, 7) is 15.0. The molecule has 0 unspecified atom stereocenters. The molecular weight excluding hydrogens is 366 g/mol. The number of nitrogens with zero attached hydrogens (tertiary/aromatic N) is 2. The van der Waals surface area contributed by atoms with Crippen LogP contribution in [-0.2, 0) is 5.54 Å². The highest BCUT2D eigenvalue weighted by molar-refractivity contribution is 5.68. The molecule has 2 aromatic rings. The van der Waals surface area contributed by atoms with Gasteiger partial charge in [0.25, 0.3) is 0 Å². The van der Waals surface area contributed by atoms with Crippen molar-refractivity contribution in [2.75, 3.05) is 26.0 Å². The van der Waals surface area contributed by atoms with E-state index in [0.717, 1.165) is 28.7 Å². The summed E-state index contributed by atoms with van der Waals surface area (Å²) < 4.78 is 0. The molecule has 2 aliphatic rings. The van der Waals surface area contributed by atoms with Crippen LogP contribution in [0.15, 0.2) is 73.7 Å². The molecule has 1 saturated heterocycles. The predicted molar refractivity (Wildman–Crippen MR) is 129 cm³/mol. The van der Waals surface area contributed by atoms with Gasteiger partial charge in [-0.2, -0.15) is 0 Å². The molecule has 156 valence electrons. The molecule has 1 N–H and O–H groups in total. The molecule has 0 radical (unpaired) electrons. The maximum Gasteiger partial charge on any atom is 0.0985 e. The van der Waals surface area contributed by atoms with E-state index in [1.165, 1.54) is 29.5 Å². The van der Waals surface area contributed by atoms with Crippen molar-refractivity contribution in [3.8, 4) is 0 Å². The normalized spacial score (nSPS) is 23.9. The maximum atomic E-state index is 4.48. The van der Waals surface area contributed by atoms with Crippen LogP contribution in [0.4, 0.5) is 5.69 Å². The molecule has 1 aliphatic carbocycles. The fourth-order valence-electron chi connectivity index (χ4n) is 4.75. The topological polar surface area (TPSA) is 18.5 Å². The van der Waals surface area contributed by atoms with Crippen LogP contribution >= 0.6 is 0 Å². The first-order valence-corrected chi connectivity index (χ1v) is 10.7. The van der Waals surface area contributed by atoms with Crippen LogP contribution in [0.3, 0.4) is 0 Å². The van der Waals surface area contributed by atoms with Gasteiger partial charge in [-0.3, -0.25) is 0 Å². The second kappa shape index (κ2) is 7.39. The van der Waals surface area contributed by atoms with Crippen molar-refractivity contribution in [2.24, 2.45) is 0 Å². The lowest BCUT2D eigenvalue weighted by Gasteiger charge is -2.50. The van der Waals surface area contributed by atoms with E-state index in [1.807, 2.05) is 13.1 Å². The van der Waals surface area contributed by atoms with E-state index in [1.54, 1.807) is 0 Å². The van der Waals surface area contributed by atoms with Crippen molar-refractivity contribution >= 4 is 11.8 Å². The highest BCUT2D eigenvalue weighted by Gasteiger charge is 2.44. The van der Waals surface area contributed by atoms with Crippen molar-refractivity contribution in [2.45, 2.75) is 37.1 Å². The molecule has 2 aromatic carbocycles. The average molecular weight is 400 g/mol. The fraction of sp³-hybridized carbons (Fsp3) is 0.333. The Morgan fingerprint density at radius 1 is 1.07 bits per heavy atom. The van der Waals surface area contributed by atoms with Gasteiger partial charge in [0.05, 0.1) is 17.3 Å². The lowest BCUT2D eigenvalue weighted by Crippen LogP contribution is -2.53. The Kier molecular flexibility index (Phi) is 5.01. The zero-order chi connectivity index (χ0) is 21.6. The van der Waals surface area contributed by atoms with Gasteiger partial charge in [0.1, 0.15) is 0 Å². The van der Waals surface area contributed by atoms with Gasteiger partial charge < -0.3 is 15.1 Å². The van der Waals surface area contributed by atoms with Crippen LogP contribution in [0.2, 0.25) is 0 Å². The molecule has 2 fully saturated rings. The highest BCUT2D eigenvalue weighted by atomic mass is 15.3. The summed E-state index contributed by atoms with van der Waals surface area (Å²) in [5.41, 5.74) is 6.90. The number of rotatable bonds is 5. The number of likely N-dealkylation sites (N-methyl/N-ethyl adjacent to an activating group) is 1. The standard InChI is InChI=1S/C27H33N3/c1-8-20-17-24(15-16-25(20)29(5)6)27(4)26(18(2)30(7)19(3)28-27)23-13-11-22(12-14-23)21-9-10-21/h8,11-17,21,26,28H,1-3,9-10H2,4-7H3/t26-,27-/m1/s1. The van der Waals surface area contributed by atoms with Crippen LogP contribution in [0.1, 0.15) is 53.9 Å². The molecule has 2 atom stereocenters. The molecule has 3 heteroatoms. The number of nitrogens with one attached hydrogen (secondary N) is 1. The Morgan fingerprint density at radius 3 is 2.27 bits per heavy atom. The van der Waals surface area contributed by atoms with Crippen molar-refractivity contribution < 1.29 is 0 Å². The fourth-order valence-corrected chi connectivity index (χ4v) is 4.75. The summed E-state index contributed by atoms with van der Waals surface area (Å²) in [6.07, 6.45) is 4.57. The molecule has 0 bridgehead atoms. The molecule has 1 aliphatic heterocycles. The quantitative estimate of drug-likeness (QED) is 0.686. The Labute approximate surface area is 181 Å². The summed E-state index contributed by atoms with van der Waals surface area (Å²) in [5.74, 6) is 1.71. The minimum atomic E-state index is -0.371. The van der Waals surface area contributed by atoms with Crippen molar-refractivity contribution in [1.29, 1.82) is 0 Å². The molecule has 4 rings (SSSR count). The van der Waals surface area contributed by atoms with E-state index in [0.29, 0.717) is 0 Å². The minimum absolute atomic E-state index is 0.0872. The summed E-state index contributed by atoms with van der Waals surface area (Å²) in [5, 5.41) is 3.71. The van der Waals surface area contributed by atoms with E-state index in [9.17, 15) is 0 Å². The van der Waals surface area contributed by atoms with Gasteiger partial charge in [0.15, 0.2) is 0 Å². The first-order valence-electron chi connectivity index (χ1n) is 10.7. The third kappa shape index (κ3) is 3.32. The third-order valence-corrected chi connectivity index (χ3v) is 6.80. The Balaban J connectivity index is 1.82. The van der Waals surface area contributed by atoms with E-state index < -0.39 is 0 Å². The first-order chi connectivity index (χ1) is 14.3. The van der Waals surface area contributed by atoms with Gasteiger partial charge in [-0.1, -0.05) is 56.1 Å². The van der Waals surface area contributed by atoms with E-state index in [4.69, 9.17) is 0 Å². The molecule has 0 spiro atoms. The molecule has 1 heterocycles. The predicted octanol–water partition coefficient (Wildman–Crippen LogP) is 5.79. The van der Waals surface area contributed by atoms with Gasteiger partial charge in [0.2, 0.25) is 0 Å². The monoisotopic (exact) mass is 399 g/mol. The smallest absolute Gasteiger partial charge is 0.0985 e. The molecule has 0 amide bonds. The summed E-state index contributed by atoms with van der Waals surface area (Å²) in [6, 6.07) is 15.8. The zero-order valence-corrected chi connectivity index (χ0v) is 18.7. The van der Waals surface area contributed by atoms with Gasteiger partial charge in [-0.25, -0.2) is 0 Å². The van der Waals surface area contributed by atoms with Crippen LogP contribution in [0.5, 0.6) is 0 Å². The molecular formula is C27H33N3. The zero-order valence-electron chi connectivity index (χ0n) is 18.7. The van der Waals surface area contributed by atoms with Crippen molar-refractivity contribution in [3.05, 3.63) is 96.0 Å². The second-order valence-electron chi connectivity index (χ2n) is 9.07. The summed E-state index contributed by atoms with van der Waals surface area (Å²) in [7, 11) is 6.16. The molecule has 0 aromatic heterocycles. The van der Waals surface area contributed by atoms with Gasteiger partial charge >= 0.3 is 0 Å². The molecule has 3 nitrogen and oxygen atoms in total. The van der Waals surface area contributed by atoms with Crippen molar-refractivity contribution in [1.82, 2.24) is 10.2 Å². The average Bonchev–Trinajstić information content (AvgIpc) is 3.57. The highest BCUT2D eigenvalue weighted by Crippen LogP contribution is 2.48. The minimum Gasteiger partial charge on any atom is -0.377 e. The van der Waals surface area contributed by atoms with Gasteiger partial charge in [-0.05, 0) is 60.1 Å². The van der Waals surface area contributed by atoms with Crippen LogP contribution in [-0.4, -0.2) is 26.0 Å². The Morgan fingerprint density at radius 2 is 1.70 bits per heavy atom. The van der Waals surface area contributed by atoms with Crippen molar-refractivity contribution in [3.63, 3.8) is 0 Å². The van der Waals surface area contributed by atoms with E-state index in [-0.39, 0.29) is 11.5 Å². The number of hydrogen-bond donors (Lipinski definition) is 1. The number of benzene rings is 2. The van der Waals surface area contributed by atoms with Crippen LogP contribution < -0.4 is 10.2 Å². The lowest BCUT2D eigenvalue weighted by atomic mass is 9.72. The molecule has 30 heavy (non-hydrogen) atoms. The third-order valence-electron chi connectivity index (χ3n) is 6.80. The van der Waals surface area contributed by atoms with Gasteiger partial charge in [-0.15, -0.1) is 0 Å². The Hall–Kier alpha value is -2.94. The van der Waals surface area contributed by atoms with E-state index >= 15 is 0 Å². The van der Waals surface area contributed by atoms with Crippen LogP contribution in [0, 0.1) is 0 Å². The Bertz CT molecular complexity index is 997.